The molecule has 6 heteroatoms. The first kappa shape index (κ1) is 21.7. The Hall–Kier alpha value is -3.54. The first-order valence-corrected chi connectivity index (χ1v) is 10.7. The van der Waals surface area contributed by atoms with Gasteiger partial charge in [0.1, 0.15) is 5.82 Å². The minimum atomic E-state index is -1.00. The normalized spacial score (nSPS) is 13.7. The van der Waals surface area contributed by atoms with E-state index in [1.807, 2.05) is 35.2 Å². The minimum absolute atomic E-state index is 0.158. The van der Waals surface area contributed by atoms with Gasteiger partial charge in [-0.1, -0.05) is 18.2 Å². The summed E-state index contributed by atoms with van der Waals surface area (Å²) in [5.74, 6) is -0.0274. The van der Waals surface area contributed by atoms with E-state index in [1.54, 1.807) is 31.4 Å². The van der Waals surface area contributed by atoms with Crippen molar-refractivity contribution in [3.8, 4) is 11.5 Å². The van der Waals surface area contributed by atoms with Crippen molar-refractivity contribution in [2.24, 2.45) is 0 Å². The fraction of sp³-hybridized carbons (Fsp3) is 0.269. The van der Waals surface area contributed by atoms with Crippen LogP contribution in [0.4, 0.5) is 15.8 Å². The van der Waals surface area contributed by atoms with Gasteiger partial charge in [0.15, 0.2) is 11.5 Å². The number of carbonyl (C=O) groups is 1. The molecule has 1 aliphatic rings. The fourth-order valence-corrected chi connectivity index (χ4v) is 4.07. The van der Waals surface area contributed by atoms with Crippen molar-refractivity contribution in [2.75, 3.05) is 12.0 Å². The Labute approximate surface area is 187 Å². The standard InChI is InChI=1S/C26H26FNO4/c1-31-24-13-12-22(16-25(24)32-23-10-2-3-11-23)28(17-18-6-4-8-20(27)14-18)21-9-5-7-19(15-21)26(29)30/h4-9,12-16,23H,2-3,10-11,17H2,1H3,(H,29,30). The highest BCUT2D eigenvalue weighted by Gasteiger charge is 2.20. The van der Waals surface area contributed by atoms with Gasteiger partial charge in [0, 0.05) is 24.0 Å². The molecule has 3 aromatic carbocycles. The van der Waals surface area contributed by atoms with E-state index in [1.165, 1.54) is 12.1 Å². The molecule has 0 heterocycles. The highest BCUT2D eigenvalue weighted by Crippen LogP contribution is 2.38. The maximum Gasteiger partial charge on any atom is 0.335 e. The Bertz CT molecular complexity index is 1090. The Balaban J connectivity index is 1.75. The number of methoxy groups -OCH3 is 1. The molecule has 0 unspecified atom stereocenters. The molecule has 4 rings (SSSR count). The molecule has 0 radical (unpaired) electrons. The van der Waals surface area contributed by atoms with Gasteiger partial charge >= 0.3 is 5.97 Å². The SMILES string of the molecule is COc1ccc(N(Cc2cccc(F)c2)c2cccc(C(=O)O)c2)cc1OC1CCCC1. The molecule has 0 atom stereocenters. The lowest BCUT2D eigenvalue weighted by Crippen LogP contribution is -2.18. The molecule has 0 spiro atoms. The molecule has 32 heavy (non-hydrogen) atoms. The number of benzene rings is 3. The number of rotatable bonds is 8. The van der Waals surface area contributed by atoms with E-state index in [9.17, 15) is 14.3 Å². The number of aromatic carboxylic acids is 1. The Kier molecular flexibility index (Phi) is 6.59. The minimum Gasteiger partial charge on any atom is -0.493 e. The zero-order valence-electron chi connectivity index (χ0n) is 18.0. The smallest absolute Gasteiger partial charge is 0.335 e. The first-order valence-electron chi connectivity index (χ1n) is 10.7. The van der Waals surface area contributed by atoms with Crippen LogP contribution in [0.15, 0.2) is 66.7 Å². The fourth-order valence-electron chi connectivity index (χ4n) is 4.07. The number of carboxylic acids is 1. The second-order valence-electron chi connectivity index (χ2n) is 7.93. The van der Waals surface area contributed by atoms with Gasteiger partial charge in [-0.05, 0) is 73.7 Å². The summed E-state index contributed by atoms with van der Waals surface area (Å²) < 4.78 is 25.6. The van der Waals surface area contributed by atoms with Crippen molar-refractivity contribution in [3.05, 3.63) is 83.7 Å². The van der Waals surface area contributed by atoms with Crippen molar-refractivity contribution in [1.29, 1.82) is 0 Å². The van der Waals surface area contributed by atoms with E-state index < -0.39 is 5.97 Å². The number of ether oxygens (including phenoxy) is 2. The van der Waals surface area contributed by atoms with Crippen molar-refractivity contribution >= 4 is 17.3 Å². The van der Waals surface area contributed by atoms with Crippen LogP contribution in [0, 0.1) is 5.82 Å². The summed E-state index contributed by atoms with van der Waals surface area (Å²) in [7, 11) is 1.61. The van der Waals surface area contributed by atoms with E-state index in [0.717, 1.165) is 36.9 Å². The molecule has 0 aromatic heterocycles. The molecule has 5 nitrogen and oxygen atoms in total. The van der Waals surface area contributed by atoms with Gasteiger partial charge in [0.2, 0.25) is 0 Å². The van der Waals surface area contributed by atoms with E-state index in [0.29, 0.717) is 23.7 Å². The van der Waals surface area contributed by atoms with Gasteiger partial charge in [0.25, 0.3) is 0 Å². The molecule has 166 valence electrons. The Morgan fingerprint density at radius 3 is 2.47 bits per heavy atom. The van der Waals surface area contributed by atoms with Crippen LogP contribution in [0.3, 0.4) is 0 Å². The number of halogens is 1. The summed E-state index contributed by atoms with van der Waals surface area (Å²) in [6.45, 7) is 0.357. The quantitative estimate of drug-likeness (QED) is 0.457. The van der Waals surface area contributed by atoms with Crippen LogP contribution in [0.5, 0.6) is 11.5 Å². The lowest BCUT2D eigenvalue weighted by atomic mass is 10.1. The van der Waals surface area contributed by atoms with Crippen molar-refractivity contribution in [1.82, 2.24) is 0 Å². The van der Waals surface area contributed by atoms with Crippen molar-refractivity contribution in [3.63, 3.8) is 0 Å². The molecule has 0 amide bonds. The van der Waals surface area contributed by atoms with Crippen LogP contribution >= 0.6 is 0 Å². The average Bonchev–Trinajstić information content (AvgIpc) is 3.31. The van der Waals surface area contributed by atoms with Crippen LogP contribution in [0.1, 0.15) is 41.6 Å². The van der Waals surface area contributed by atoms with Crippen molar-refractivity contribution < 1.29 is 23.8 Å². The summed E-state index contributed by atoms with van der Waals surface area (Å²) in [5.41, 5.74) is 2.43. The first-order chi connectivity index (χ1) is 15.5. The zero-order valence-corrected chi connectivity index (χ0v) is 18.0. The predicted molar refractivity (Wildman–Crippen MR) is 122 cm³/mol. The Morgan fingerprint density at radius 1 is 1.00 bits per heavy atom. The average molecular weight is 435 g/mol. The maximum absolute atomic E-state index is 13.8. The third kappa shape index (κ3) is 5.02. The lowest BCUT2D eigenvalue weighted by molar-refractivity contribution is 0.0697. The molecular weight excluding hydrogens is 409 g/mol. The second kappa shape index (κ2) is 9.73. The summed E-state index contributed by atoms with van der Waals surface area (Å²) >= 11 is 0. The Morgan fingerprint density at radius 2 is 1.75 bits per heavy atom. The zero-order chi connectivity index (χ0) is 22.5. The number of anilines is 2. The van der Waals surface area contributed by atoms with Gasteiger partial charge in [-0.2, -0.15) is 0 Å². The lowest BCUT2D eigenvalue weighted by Gasteiger charge is -2.27. The summed E-state index contributed by atoms with van der Waals surface area (Å²) in [5, 5.41) is 9.45. The maximum atomic E-state index is 13.8. The highest BCUT2D eigenvalue weighted by atomic mass is 19.1. The van der Waals surface area contributed by atoms with Gasteiger partial charge in [0.05, 0.1) is 18.8 Å². The monoisotopic (exact) mass is 435 g/mol. The molecular formula is C26H26FNO4. The molecule has 1 fully saturated rings. The molecule has 1 N–H and O–H groups in total. The largest absolute Gasteiger partial charge is 0.493 e. The third-order valence-corrected chi connectivity index (χ3v) is 5.69. The van der Waals surface area contributed by atoms with Gasteiger partial charge < -0.3 is 19.5 Å². The molecule has 3 aromatic rings. The number of carboxylic acid groups (broad SMARTS) is 1. The van der Waals surface area contributed by atoms with E-state index in [2.05, 4.69) is 0 Å². The van der Waals surface area contributed by atoms with Gasteiger partial charge in [-0.15, -0.1) is 0 Å². The molecule has 1 aliphatic carbocycles. The predicted octanol–water partition coefficient (Wildman–Crippen LogP) is 6.19. The third-order valence-electron chi connectivity index (χ3n) is 5.69. The molecule has 0 aliphatic heterocycles. The van der Waals surface area contributed by atoms with Crippen LogP contribution in [0.2, 0.25) is 0 Å². The summed E-state index contributed by atoms with van der Waals surface area (Å²) in [4.78, 5) is 13.5. The number of nitrogens with zero attached hydrogens (tertiary/aromatic N) is 1. The van der Waals surface area contributed by atoms with Crippen LogP contribution in [-0.4, -0.2) is 24.3 Å². The highest BCUT2D eigenvalue weighted by molar-refractivity contribution is 5.89. The van der Waals surface area contributed by atoms with Gasteiger partial charge in [-0.3, -0.25) is 0 Å². The topological polar surface area (TPSA) is 59.0 Å². The van der Waals surface area contributed by atoms with Crippen LogP contribution < -0.4 is 14.4 Å². The number of hydrogen-bond acceptors (Lipinski definition) is 4. The van der Waals surface area contributed by atoms with E-state index >= 15 is 0 Å². The van der Waals surface area contributed by atoms with Gasteiger partial charge in [-0.25, -0.2) is 9.18 Å². The summed E-state index contributed by atoms with van der Waals surface area (Å²) in [6, 6.07) is 18.8. The van der Waals surface area contributed by atoms with Crippen LogP contribution in [0.25, 0.3) is 0 Å². The van der Waals surface area contributed by atoms with E-state index in [4.69, 9.17) is 9.47 Å². The second-order valence-corrected chi connectivity index (χ2v) is 7.93. The molecule has 0 saturated heterocycles. The molecule has 1 saturated carbocycles. The summed E-state index contributed by atoms with van der Waals surface area (Å²) in [6.07, 6.45) is 4.49. The van der Waals surface area contributed by atoms with E-state index in [-0.39, 0.29) is 17.5 Å². The molecule has 0 bridgehead atoms. The van der Waals surface area contributed by atoms with Crippen molar-refractivity contribution in [2.45, 2.75) is 38.3 Å². The number of hydrogen-bond donors (Lipinski definition) is 1. The van der Waals surface area contributed by atoms with Crippen LogP contribution in [-0.2, 0) is 6.54 Å².